The number of ketones is 1. The van der Waals surface area contributed by atoms with Gasteiger partial charge in [0.1, 0.15) is 0 Å². The van der Waals surface area contributed by atoms with E-state index in [0.29, 0.717) is 16.7 Å². The van der Waals surface area contributed by atoms with Crippen LogP contribution in [0.5, 0.6) is 0 Å². The van der Waals surface area contributed by atoms with Gasteiger partial charge in [-0.2, -0.15) is 13.2 Å². The first-order valence-corrected chi connectivity index (χ1v) is 7.22. The van der Waals surface area contributed by atoms with Crippen molar-refractivity contribution < 1.29 is 27.9 Å². The van der Waals surface area contributed by atoms with E-state index in [0.717, 1.165) is 6.07 Å². The Kier molecular flexibility index (Phi) is 5.28. The molecule has 0 unspecified atom stereocenters. The van der Waals surface area contributed by atoms with E-state index < -0.39 is 23.5 Å². The van der Waals surface area contributed by atoms with Gasteiger partial charge in [-0.15, -0.1) is 0 Å². The summed E-state index contributed by atoms with van der Waals surface area (Å²) in [4.78, 5) is 21.6. The van der Waals surface area contributed by atoms with Gasteiger partial charge in [0.2, 0.25) is 5.78 Å². The van der Waals surface area contributed by atoms with Crippen LogP contribution in [0.2, 0.25) is 0 Å². The van der Waals surface area contributed by atoms with Crippen molar-refractivity contribution in [2.45, 2.75) is 19.5 Å². The normalized spacial score (nSPS) is 10.7. The maximum absolute atomic E-state index is 13.0. The van der Waals surface area contributed by atoms with E-state index in [4.69, 9.17) is 5.11 Å². The summed E-state index contributed by atoms with van der Waals surface area (Å²) >= 11 is 0. The largest absolute Gasteiger partial charge is 0.475 e. The van der Waals surface area contributed by atoms with Crippen LogP contribution < -0.4 is 0 Å². The summed E-state index contributed by atoms with van der Waals surface area (Å²) in [5, 5.41) is 8.56. The number of carbonyl (C=O) groups is 2. The van der Waals surface area contributed by atoms with Crippen molar-refractivity contribution in [3.63, 3.8) is 0 Å². The predicted molar refractivity (Wildman–Crippen MR) is 84.9 cm³/mol. The van der Waals surface area contributed by atoms with Crippen LogP contribution >= 0.6 is 0 Å². The first kappa shape index (κ1) is 18.3. The summed E-state index contributed by atoms with van der Waals surface area (Å²) in [7, 11) is 0. The Balaban J connectivity index is 2.25. The van der Waals surface area contributed by atoms with Crippen molar-refractivity contribution in [1.29, 1.82) is 0 Å². The molecule has 0 aliphatic heterocycles. The van der Waals surface area contributed by atoms with Crippen molar-refractivity contribution in [2.75, 3.05) is 0 Å². The number of carboxylic acids is 1. The lowest BCUT2D eigenvalue weighted by atomic mass is 10.0. The summed E-state index contributed by atoms with van der Waals surface area (Å²) in [5.41, 5.74) is 0.529. The summed E-state index contributed by atoms with van der Waals surface area (Å²) in [6, 6.07) is 10.0. The van der Waals surface area contributed by atoms with Crippen LogP contribution in [0.4, 0.5) is 13.2 Å². The number of benzene rings is 2. The Morgan fingerprint density at radius 1 is 1.04 bits per heavy atom. The van der Waals surface area contributed by atoms with Gasteiger partial charge >= 0.3 is 12.1 Å². The molecular formula is C19H13F3O3. The molecule has 0 heterocycles. The number of aryl methyl sites for hydroxylation is 1. The monoisotopic (exact) mass is 346 g/mol. The van der Waals surface area contributed by atoms with Crippen molar-refractivity contribution in [2.24, 2.45) is 0 Å². The first-order chi connectivity index (χ1) is 11.7. The Morgan fingerprint density at radius 2 is 1.68 bits per heavy atom. The average molecular weight is 346 g/mol. The van der Waals surface area contributed by atoms with Crippen molar-refractivity contribution >= 4 is 11.8 Å². The molecule has 0 aromatic heterocycles. The molecule has 3 nitrogen and oxygen atoms in total. The third-order valence-corrected chi connectivity index (χ3v) is 3.38. The summed E-state index contributed by atoms with van der Waals surface area (Å²) < 4.78 is 39.1. The van der Waals surface area contributed by atoms with Crippen LogP contribution in [-0.4, -0.2) is 16.9 Å². The molecule has 0 bridgehead atoms. The highest BCUT2D eigenvalue weighted by Gasteiger charge is 2.33. The molecule has 0 fully saturated rings. The van der Waals surface area contributed by atoms with Gasteiger partial charge in [0.05, 0.1) is 5.56 Å². The molecule has 0 aliphatic carbocycles. The van der Waals surface area contributed by atoms with E-state index in [9.17, 15) is 22.8 Å². The van der Waals surface area contributed by atoms with Crippen LogP contribution in [0.15, 0.2) is 42.5 Å². The first-order valence-electron chi connectivity index (χ1n) is 7.22. The molecule has 0 saturated carbocycles. The Labute approximate surface area is 142 Å². The lowest BCUT2D eigenvalue weighted by Crippen LogP contribution is -2.14. The highest BCUT2D eigenvalue weighted by molar-refractivity contribution is 6.33. The van der Waals surface area contributed by atoms with Crippen molar-refractivity contribution in [3.05, 3.63) is 70.3 Å². The molecule has 2 aromatic rings. The smallest absolute Gasteiger partial charge is 0.417 e. The zero-order valence-electron chi connectivity index (χ0n) is 13.1. The molecule has 0 amide bonds. The molecule has 0 atom stereocenters. The van der Waals surface area contributed by atoms with Gasteiger partial charge in [-0.25, -0.2) is 4.79 Å². The Hall–Kier alpha value is -3.07. The molecule has 2 aromatic carbocycles. The van der Waals surface area contributed by atoms with Gasteiger partial charge in [0.15, 0.2) is 0 Å². The fourth-order valence-electron chi connectivity index (χ4n) is 2.11. The standard InChI is InChI=1S/C19H13F3O3/c1-12-2-8-15(16(10-12)19(20,21)22)9-7-13-3-5-14(6-4-13)11-17(23)18(24)25/h2-6,8,10H,11H2,1H3,(H,24,25). The molecule has 25 heavy (non-hydrogen) atoms. The fourth-order valence-corrected chi connectivity index (χ4v) is 2.11. The third kappa shape index (κ3) is 4.95. The van der Waals surface area contributed by atoms with E-state index in [1.165, 1.54) is 30.3 Å². The molecule has 2 rings (SSSR count). The number of carboxylic acid groups (broad SMARTS) is 1. The Morgan fingerprint density at radius 3 is 2.24 bits per heavy atom. The summed E-state index contributed by atoms with van der Waals surface area (Å²) in [6.07, 6.45) is -4.74. The number of hydrogen-bond donors (Lipinski definition) is 1. The maximum Gasteiger partial charge on any atom is 0.417 e. The summed E-state index contributed by atoms with van der Waals surface area (Å²) in [5.74, 6) is 2.71. The number of halogens is 3. The minimum atomic E-state index is -4.49. The second kappa shape index (κ2) is 7.22. The molecular weight excluding hydrogens is 333 g/mol. The zero-order valence-corrected chi connectivity index (χ0v) is 13.1. The minimum Gasteiger partial charge on any atom is -0.475 e. The number of hydrogen-bond acceptors (Lipinski definition) is 2. The maximum atomic E-state index is 13.0. The molecule has 6 heteroatoms. The van der Waals surface area contributed by atoms with E-state index >= 15 is 0 Å². The van der Waals surface area contributed by atoms with Crippen molar-refractivity contribution in [1.82, 2.24) is 0 Å². The lowest BCUT2D eigenvalue weighted by Gasteiger charge is -2.09. The van der Waals surface area contributed by atoms with E-state index in [2.05, 4.69) is 11.8 Å². The number of carbonyl (C=O) groups excluding carboxylic acids is 1. The average Bonchev–Trinajstić information content (AvgIpc) is 2.54. The predicted octanol–water partition coefficient (Wildman–Crippen LogP) is 3.61. The molecule has 0 aliphatic rings. The third-order valence-electron chi connectivity index (χ3n) is 3.38. The van der Waals surface area contributed by atoms with Gasteiger partial charge in [0, 0.05) is 17.5 Å². The zero-order chi connectivity index (χ0) is 18.6. The van der Waals surface area contributed by atoms with Gasteiger partial charge in [-0.05, 0) is 36.8 Å². The van der Waals surface area contributed by atoms with Crippen molar-refractivity contribution in [3.8, 4) is 11.8 Å². The molecule has 0 spiro atoms. The molecule has 0 saturated heterocycles. The highest BCUT2D eigenvalue weighted by Crippen LogP contribution is 2.32. The summed E-state index contributed by atoms with van der Waals surface area (Å²) in [6.45, 7) is 1.57. The van der Waals surface area contributed by atoms with Gasteiger partial charge in [-0.3, -0.25) is 4.79 Å². The molecule has 1 N–H and O–H groups in total. The van der Waals surface area contributed by atoms with E-state index in [-0.39, 0.29) is 12.0 Å². The van der Waals surface area contributed by atoms with Crippen LogP contribution in [0.1, 0.15) is 27.8 Å². The van der Waals surface area contributed by atoms with Crippen LogP contribution in [-0.2, 0) is 22.2 Å². The lowest BCUT2D eigenvalue weighted by molar-refractivity contribution is -0.148. The quantitative estimate of drug-likeness (QED) is 0.682. The number of alkyl halides is 3. The number of rotatable bonds is 3. The van der Waals surface area contributed by atoms with Crippen LogP contribution in [0.3, 0.4) is 0 Å². The molecule has 0 radical (unpaired) electrons. The number of Topliss-reactive ketones (excluding diaryl/α,β-unsaturated/α-hetero) is 1. The van der Waals surface area contributed by atoms with Gasteiger partial charge in [-0.1, -0.05) is 35.6 Å². The molecule has 128 valence electrons. The Bertz CT molecular complexity index is 870. The van der Waals surface area contributed by atoms with Gasteiger partial charge < -0.3 is 5.11 Å². The van der Waals surface area contributed by atoms with E-state index in [1.807, 2.05) is 0 Å². The number of aliphatic carboxylic acids is 1. The topological polar surface area (TPSA) is 54.4 Å². The second-order valence-corrected chi connectivity index (χ2v) is 5.40. The minimum absolute atomic E-state index is 0.122. The highest BCUT2D eigenvalue weighted by atomic mass is 19.4. The van der Waals surface area contributed by atoms with Gasteiger partial charge in [0.25, 0.3) is 0 Å². The second-order valence-electron chi connectivity index (χ2n) is 5.40. The fraction of sp³-hybridized carbons (Fsp3) is 0.158. The van der Waals surface area contributed by atoms with Crippen LogP contribution in [0, 0.1) is 18.8 Å². The van der Waals surface area contributed by atoms with E-state index in [1.54, 1.807) is 13.0 Å². The SMILES string of the molecule is Cc1ccc(C#Cc2ccc(CC(=O)C(=O)O)cc2)c(C(F)(F)F)c1. The van der Waals surface area contributed by atoms with Crippen LogP contribution in [0.25, 0.3) is 0 Å².